The molecular weight excluding hydrogens is 352 g/mol. The van der Waals surface area contributed by atoms with E-state index in [9.17, 15) is 5.26 Å². The molecule has 0 bridgehead atoms. The maximum Gasteiger partial charge on any atom is 0.0994 e. The van der Waals surface area contributed by atoms with Gasteiger partial charge >= 0.3 is 0 Å². The summed E-state index contributed by atoms with van der Waals surface area (Å²) < 4.78 is 0. The first-order valence-corrected chi connectivity index (χ1v) is 10.2. The van der Waals surface area contributed by atoms with Gasteiger partial charge in [-0.2, -0.15) is 5.26 Å². The van der Waals surface area contributed by atoms with Crippen LogP contribution in [0.5, 0.6) is 0 Å². The average molecular weight is 381 g/mol. The second-order valence-corrected chi connectivity index (χ2v) is 7.78. The highest BCUT2D eigenvalue weighted by Gasteiger charge is 2.19. The molecule has 0 aliphatic rings. The molecule has 0 heterocycles. The van der Waals surface area contributed by atoms with E-state index in [1.54, 1.807) is 0 Å². The third-order valence-electron chi connectivity index (χ3n) is 5.62. The zero-order valence-corrected chi connectivity index (χ0v) is 17.5. The average Bonchev–Trinajstić information content (AvgIpc) is 2.73. The Kier molecular flexibility index (Phi) is 6.98. The first-order valence-electron chi connectivity index (χ1n) is 10.2. The molecule has 2 heteroatoms. The van der Waals surface area contributed by atoms with Crippen LogP contribution in [0, 0.1) is 31.1 Å². The van der Waals surface area contributed by atoms with E-state index in [0.29, 0.717) is 5.92 Å². The summed E-state index contributed by atoms with van der Waals surface area (Å²) in [6.07, 6.45) is 3.75. The first-order chi connectivity index (χ1) is 14.1. The minimum atomic E-state index is 0.141. The van der Waals surface area contributed by atoms with Crippen molar-refractivity contribution in [3.8, 4) is 6.07 Å². The number of benzene rings is 3. The molecule has 3 aromatic carbocycles. The van der Waals surface area contributed by atoms with Gasteiger partial charge in [0.2, 0.25) is 0 Å². The first kappa shape index (κ1) is 20.6. The van der Waals surface area contributed by atoms with E-state index < -0.39 is 0 Å². The molecule has 0 N–H and O–H groups in total. The predicted molar refractivity (Wildman–Crippen MR) is 121 cm³/mol. The normalized spacial score (nSPS) is 13.2. The molecular formula is C27H28N2. The third-order valence-corrected chi connectivity index (χ3v) is 5.62. The Bertz CT molecular complexity index is 1030. The fraction of sp³-hybridized carbons (Fsp3) is 0.259. The van der Waals surface area contributed by atoms with E-state index >= 15 is 0 Å². The van der Waals surface area contributed by atoms with Crippen molar-refractivity contribution >= 4 is 6.21 Å². The maximum absolute atomic E-state index is 9.44. The highest BCUT2D eigenvalue weighted by atomic mass is 14.8. The number of nitriles is 1. The van der Waals surface area contributed by atoms with E-state index in [1.165, 1.54) is 16.7 Å². The van der Waals surface area contributed by atoms with Gasteiger partial charge in [0.1, 0.15) is 0 Å². The number of nitrogens with zero attached hydrogens (tertiary/aromatic N) is 2. The quantitative estimate of drug-likeness (QED) is 0.457. The smallest absolute Gasteiger partial charge is 0.0994 e. The molecule has 2 unspecified atom stereocenters. The molecule has 0 fully saturated rings. The van der Waals surface area contributed by atoms with Crippen LogP contribution >= 0.6 is 0 Å². The van der Waals surface area contributed by atoms with Crippen LogP contribution in [0.15, 0.2) is 77.8 Å². The highest BCUT2D eigenvalue weighted by molar-refractivity contribution is 5.81. The number of aliphatic imine (C=N–C) groups is 1. The molecule has 146 valence electrons. The van der Waals surface area contributed by atoms with Crippen molar-refractivity contribution in [2.45, 2.75) is 39.7 Å². The molecule has 0 saturated heterocycles. The van der Waals surface area contributed by atoms with Gasteiger partial charge in [0, 0.05) is 6.21 Å². The summed E-state index contributed by atoms with van der Waals surface area (Å²) in [5, 5.41) is 9.44. The Morgan fingerprint density at radius 1 is 0.828 bits per heavy atom. The van der Waals surface area contributed by atoms with E-state index in [1.807, 2.05) is 24.4 Å². The zero-order chi connectivity index (χ0) is 20.6. The molecule has 2 atom stereocenters. The van der Waals surface area contributed by atoms with Crippen molar-refractivity contribution in [3.05, 3.63) is 106 Å². The SMILES string of the molecule is Cc1ccccc1/C=N/C(Cc1ccccc1C)C(C)Cc1ccccc1C#N. The van der Waals surface area contributed by atoms with Crippen LogP contribution in [-0.4, -0.2) is 12.3 Å². The summed E-state index contributed by atoms with van der Waals surface area (Å²) in [5.41, 5.74) is 6.88. The van der Waals surface area contributed by atoms with Crippen LogP contribution in [0.3, 0.4) is 0 Å². The Hall–Kier alpha value is -3.18. The summed E-state index contributed by atoms with van der Waals surface area (Å²) in [6, 6.07) is 27.2. The molecule has 29 heavy (non-hydrogen) atoms. The summed E-state index contributed by atoms with van der Waals surface area (Å²) in [7, 11) is 0. The Labute approximate surface area is 174 Å². The monoisotopic (exact) mass is 380 g/mol. The summed E-state index contributed by atoms with van der Waals surface area (Å²) >= 11 is 0. The summed E-state index contributed by atoms with van der Waals surface area (Å²) in [6.45, 7) is 6.52. The van der Waals surface area contributed by atoms with Crippen LogP contribution in [0.4, 0.5) is 0 Å². The molecule has 0 amide bonds. The van der Waals surface area contributed by atoms with Gasteiger partial charge in [0.05, 0.1) is 17.7 Å². The van der Waals surface area contributed by atoms with Gasteiger partial charge in [-0.3, -0.25) is 4.99 Å². The molecule has 0 radical (unpaired) electrons. The van der Waals surface area contributed by atoms with Crippen LogP contribution in [0.1, 0.15) is 40.3 Å². The van der Waals surface area contributed by atoms with Gasteiger partial charge in [-0.25, -0.2) is 0 Å². The van der Waals surface area contributed by atoms with Crippen LogP contribution in [0.25, 0.3) is 0 Å². The van der Waals surface area contributed by atoms with Gasteiger partial charge in [0.25, 0.3) is 0 Å². The van der Waals surface area contributed by atoms with Gasteiger partial charge in [-0.15, -0.1) is 0 Å². The molecule has 0 aliphatic carbocycles. The highest BCUT2D eigenvalue weighted by Crippen LogP contribution is 2.22. The Morgan fingerprint density at radius 2 is 1.45 bits per heavy atom. The van der Waals surface area contributed by atoms with Crippen LogP contribution in [0.2, 0.25) is 0 Å². The maximum atomic E-state index is 9.44. The van der Waals surface area contributed by atoms with E-state index in [2.05, 4.69) is 81.4 Å². The van der Waals surface area contributed by atoms with E-state index in [-0.39, 0.29) is 6.04 Å². The lowest BCUT2D eigenvalue weighted by atomic mass is 9.87. The zero-order valence-electron chi connectivity index (χ0n) is 17.5. The van der Waals surface area contributed by atoms with Crippen molar-refractivity contribution < 1.29 is 0 Å². The van der Waals surface area contributed by atoms with Crippen molar-refractivity contribution in [1.29, 1.82) is 5.26 Å². The lowest BCUT2D eigenvalue weighted by Crippen LogP contribution is -2.22. The minimum Gasteiger partial charge on any atom is -0.289 e. The van der Waals surface area contributed by atoms with E-state index in [0.717, 1.165) is 29.5 Å². The number of hydrogen-bond acceptors (Lipinski definition) is 2. The number of aryl methyl sites for hydroxylation is 2. The van der Waals surface area contributed by atoms with E-state index in [4.69, 9.17) is 4.99 Å². The lowest BCUT2D eigenvalue weighted by molar-refractivity contribution is 0.453. The molecule has 3 rings (SSSR count). The predicted octanol–water partition coefficient (Wildman–Crippen LogP) is 6.08. The topological polar surface area (TPSA) is 36.1 Å². The number of rotatable bonds is 7. The molecule has 0 aromatic heterocycles. The van der Waals surface area contributed by atoms with Crippen molar-refractivity contribution in [2.75, 3.05) is 0 Å². The van der Waals surface area contributed by atoms with Gasteiger partial charge in [0.15, 0.2) is 0 Å². The molecule has 2 nitrogen and oxygen atoms in total. The lowest BCUT2D eigenvalue weighted by Gasteiger charge is -2.22. The van der Waals surface area contributed by atoms with Gasteiger partial charge in [-0.05, 0) is 66.5 Å². The number of hydrogen-bond donors (Lipinski definition) is 0. The third kappa shape index (κ3) is 5.42. The van der Waals surface area contributed by atoms with Gasteiger partial charge < -0.3 is 0 Å². The minimum absolute atomic E-state index is 0.141. The summed E-state index contributed by atoms with van der Waals surface area (Å²) in [5.74, 6) is 0.310. The summed E-state index contributed by atoms with van der Waals surface area (Å²) in [4.78, 5) is 5.03. The van der Waals surface area contributed by atoms with Gasteiger partial charge in [-0.1, -0.05) is 73.7 Å². The second kappa shape index (κ2) is 9.85. The second-order valence-electron chi connectivity index (χ2n) is 7.78. The fourth-order valence-electron chi connectivity index (χ4n) is 3.66. The van der Waals surface area contributed by atoms with Crippen molar-refractivity contribution in [1.82, 2.24) is 0 Å². The van der Waals surface area contributed by atoms with Crippen molar-refractivity contribution in [2.24, 2.45) is 10.9 Å². The fourth-order valence-corrected chi connectivity index (χ4v) is 3.66. The van der Waals surface area contributed by atoms with Crippen molar-refractivity contribution in [3.63, 3.8) is 0 Å². The van der Waals surface area contributed by atoms with Crippen LogP contribution in [-0.2, 0) is 12.8 Å². The standard InChI is InChI=1S/C27H28N2/c1-20-10-4-6-12-23(20)17-27(29-19-26-15-7-5-11-21(26)2)22(3)16-24-13-8-9-14-25(24)18-28/h4-15,19,22,27H,16-17H2,1-3H3/b29-19+. The largest absolute Gasteiger partial charge is 0.289 e. The Balaban J connectivity index is 1.88. The molecule has 0 aliphatic heterocycles. The molecule has 0 saturated carbocycles. The molecule has 3 aromatic rings. The molecule has 0 spiro atoms. The Morgan fingerprint density at radius 3 is 2.14 bits per heavy atom. The van der Waals surface area contributed by atoms with Crippen LogP contribution < -0.4 is 0 Å².